The average molecular weight is 338 g/mol. The van der Waals surface area contributed by atoms with E-state index in [0.29, 0.717) is 19.6 Å². The summed E-state index contributed by atoms with van der Waals surface area (Å²) in [5.41, 5.74) is 0. The summed E-state index contributed by atoms with van der Waals surface area (Å²) in [6.45, 7) is 6.76. The van der Waals surface area contributed by atoms with Crippen LogP contribution in [0, 0.1) is 0 Å². The van der Waals surface area contributed by atoms with Crippen LogP contribution >= 0.6 is 0 Å². The normalized spacial score (nSPS) is 21.9. The largest absolute Gasteiger partial charge is 0.387 e. The number of hydrogen-bond donors (Lipinski definition) is 3. The molecule has 1 aliphatic heterocycles. The number of epoxide rings is 1. The molecule has 0 radical (unpaired) electrons. The fraction of sp³-hybridized carbons (Fsp3) is 1.00. The van der Waals surface area contributed by atoms with Crippen LogP contribution < -0.4 is 0 Å². The highest BCUT2D eigenvalue weighted by molar-refractivity contribution is 4.86. The van der Waals surface area contributed by atoms with Gasteiger partial charge in [-0.1, -0.05) is 0 Å². The minimum atomic E-state index is -2.45. The SMILES string of the molecule is CCOC(O)(OCC)C(O)(OCC)C(O)CCCOCC1CO1. The van der Waals surface area contributed by atoms with Gasteiger partial charge >= 0.3 is 5.97 Å². The van der Waals surface area contributed by atoms with Crippen molar-refractivity contribution in [3.63, 3.8) is 0 Å². The Morgan fingerprint density at radius 3 is 2.13 bits per heavy atom. The lowest BCUT2D eigenvalue weighted by atomic mass is 10.0. The van der Waals surface area contributed by atoms with E-state index < -0.39 is 17.9 Å². The Bertz CT molecular complexity index is 317. The Labute approximate surface area is 137 Å². The highest BCUT2D eigenvalue weighted by atomic mass is 16.9. The summed E-state index contributed by atoms with van der Waals surface area (Å²) in [7, 11) is 0. The Morgan fingerprint density at radius 2 is 1.65 bits per heavy atom. The van der Waals surface area contributed by atoms with Gasteiger partial charge < -0.3 is 39.0 Å². The van der Waals surface area contributed by atoms with Crippen molar-refractivity contribution >= 4 is 0 Å². The van der Waals surface area contributed by atoms with Gasteiger partial charge in [-0.15, -0.1) is 0 Å². The molecule has 8 heteroatoms. The van der Waals surface area contributed by atoms with Gasteiger partial charge in [0.05, 0.1) is 13.2 Å². The molecule has 23 heavy (non-hydrogen) atoms. The molecule has 1 heterocycles. The van der Waals surface area contributed by atoms with E-state index in [1.807, 2.05) is 0 Å². The van der Waals surface area contributed by atoms with Crippen molar-refractivity contribution in [1.29, 1.82) is 0 Å². The van der Waals surface area contributed by atoms with Crippen molar-refractivity contribution < 1.29 is 39.0 Å². The smallest absolute Gasteiger partial charge is 0.340 e. The van der Waals surface area contributed by atoms with E-state index in [1.54, 1.807) is 20.8 Å². The van der Waals surface area contributed by atoms with Gasteiger partial charge in [-0.05, 0) is 33.6 Å². The minimum absolute atomic E-state index is 0.0610. The fourth-order valence-corrected chi connectivity index (χ4v) is 2.21. The zero-order valence-electron chi connectivity index (χ0n) is 14.2. The molecular weight excluding hydrogens is 308 g/mol. The number of aliphatic hydroxyl groups excluding tert-OH is 1. The van der Waals surface area contributed by atoms with Crippen LogP contribution in [0.1, 0.15) is 33.6 Å². The molecular formula is C15H30O8. The van der Waals surface area contributed by atoms with Crippen LogP contribution in [0.25, 0.3) is 0 Å². The number of hydrogen-bond acceptors (Lipinski definition) is 8. The van der Waals surface area contributed by atoms with Gasteiger partial charge in [0, 0.05) is 26.4 Å². The predicted molar refractivity (Wildman–Crippen MR) is 80.6 cm³/mol. The van der Waals surface area contributed by atoms with E-state index in [-0.39, 0.29) is 32.3 Å². The first-order valence-corrected chi connectivity index (χ1v) is 8.17. The summed E-state index contributed by atoms with van der Waals surface area (Å²) in [6.07, 6.45) is -0.616. The van der Waals surface area contributed by atoms with E-state index in [9.17, 15) is 15.3 Å². The Balaban J connectivity index is 2.58. The molecule has 0 aromatic carbocycles. The second-order valence-corrected chi connectivity index (χ2v) is 5.27. The molecule has 3 unspecified atom stereocenters. The monoisotopic (exact) mass is 338 g/mol. The van der Waals surface area contributed by atoms with Crippen molar-refractivity contribution in [2.75, 3.05) is 39.6 Å². The maximum absolute atomic E-state index is 10.7. The summed E-state index contributed by atoms with van der Waals surface area (Å²) < 4.78 is 25.9. The molecule has 0 amide bonds. The number of ether oxygens (including phenoxy) is 5. The van der Waals surface area contributed by atoms with Crippen LogP contribution in [-0.4, -0.2) is 78.9 Å². The van der Waals surface area contributed by atoms with Crippen LogP contribution in [-0.2, 0) is 23.7 Å². The first-order chi connectivity index (χ1) is 10.9. The molecule has 1 aliphatic rings. The molecule has 0 bridgehead atoms. The van der Waals surface area contributed by atoms with Crippen molar-refractivity contribution in [2.45, 2.75) is 57.6 Å². The average Bonchev–Trinajstić information content (AvgIpc) is 3.31. The second kappa shape index (κ2) is 9.85. The third-order valence-electron chi connectivity index (χ3n) is 3.42. The number of rotatable bonds is 14. The molecule has 3 atom stereocenters. The number of aliphatic hydroxyl groups is 3. The maximum Gasteiger partial charge on any atom is 0.340 e. The highest BCUT2D eigenvalue weighted by Crippen LogP contribution is 2.32. The van der Waals surface area contributed by atoms with Gasteiger partial charge in [0.15, 0.2) is 0 Å². The molecule has 1 fully saturated rings. The van der Waals surface area contributed by atoms with Crippen LogP contribution in [0.5, 0.6) is 0 Å². The van der Waals surface area contributed by atoms with Crippen molar-refractivity contribution in [1.82, 2.24) is 0 Å². The highest BCUT2D eigenvalue weighted by Gasteiger charge is 2.58. The summed E-state index contributed by atoms with van der Waals surface area (Å²) in [4.78, 5) is 0. The predicted octanol–water partition coefficient (Wildman–Crippen LogP) is -0.0129. The van der Waals surface area contributed by atoms with Crippen molar-refractivity contribution in [3.8, 4) is 0 Å². The molecule has 0 saturated carbocycles. The van der Waals surface area contributed by atoms with Crippen LogP contribution in [0.4, 0.5) is 0 Å². The summed E-state index contributed by atoms with van der Waals surface area (Å²) in [6, 6.07) is 0. The van der Waals surface area contributed by atoms with E-state index >= 15 is 0 Å². The fourth-order valence-electron chi connectivity index (χ4n) is 2.21. The third-order valence-corrected chi connectivity index (χ3v) is 3.42. The lowest BCUT2D eigenvalue weighted by Gasteiger charge is -2.43. The lowest BCUT2D eigenvalue weighted by molar-refractivity contribution is -0.493. The van der Waals surface area contributed by atoms with Crippen LogP contribution in [0.15, 0.2) is 0 Å². The van der Waals surface area contributed by atoms with Crippen molar-refractivity contribution in [3.05, 3.63) is 0 Å². The maximum atomic E-state index is 10.7. The zero-order valence-corrected chi connectivity index (χ0v) is 14.2. The van der Waals surface area contributed by atoms with Gasteiger partial charge in [-0.3, -0.25) is 0 Å². The lowest BCUT2D eigenvalue weighted by Crippen LogP contribution is -2.65. The molecule has 1 saturated heterocycles. The standard InChI is InChI=1S/C15H30O8/c1-4-21-14(17,15(18,22-5-2)23-6-3)13(16)8-7-9-19-10-12-11-20-12/h12-13,16-18H,4-11H2,1-3H3. The Hall–Kier alpha value is -0.320. The minimum Gasteiger partial charge on any atom is -0.387 e. The third kappa shape index (κ3) is 5.91. The van der Waals surface area contributed by atoms with Gasteiger partial charge in [-0.25, -0.2) is 0 Å². The topological polar surface area (TPSA) is 110 Å². The van der Waals surface area contributed by atoms with Gasteiger partial charge in [-0.2, -0.15) is 0 Å². The first-order valence-electron chi connectivity index (χ1n) is 8.17. The van der Waals surface area contributed by atoms with E-state index in [0.717, 1.165) is 6.61 Å². The summed E-state index contributed by atoms with van der Waals surface area (Å²) in [5.74, 6) is -4.85. The van der Waals surface area contributed by atoms with Gasteiger partial charge in [0.1, 0.15) is 12.2 Å². The Morgan fingerprint density at radius 1 is 1.09 bits per heavy atom. The molecule has 0 spiro atoms. The molecule has 3 N–H and O–H groups in total. The molecule has 1 rings (SSSR count). The van der Waals surface area contributed by atoms with Gasteiger partial charge in [0.25, 0.3) is 5.79 Å². The molecule has 8 nitrogen and oxygen atoms in total. The second-order valence-electron chi connectivity index (χ2n) is 5.27. The summed E-state index contributed by atoms with van der Waals surface area (Å²) in [5, 5.41) is 31.5. The van der Waals surface area contributed by atoms with Crippen molar-refractivity contribution in [2.24, 2.45) is 0 Å². The first kappa shape index (κ1) is 20.7. The quantitative estimate of drug-likeness (QED) is 0.230. The van der Waals surface area contributed by atoms with Crippen LogP contribution in [0.3, 0.4) is 0 Å². The molecule has 0 aromatic heterocycles. The van der Waals surface area contributed by atoms with Crippen LogP contribution in [0.2, 0.25) is 0 Å². The van der Waals surface area contributed by atoms with E-state index in [1.165, 1.54) is 0 Å². The van der Waals surface area contributed by atoms with Gasteiger partial charge in [0.2, 0.25) is 0 Å². The summed E-state index contributed by atoms with van der Waals surface area (Å²) >= 11 is 0. The van der Waals surface area contributed by atoms with E-state index in [2.05, 4.69) is 0 Å². The van der Waals surface area contributed by atoms with E-state index in [4.69, 9.17) is 23.7 Å². The molecule has 0 aromatic rings. The zero-order chi connectivity index (χ0) is 17.3. The Kier molecular flexibility index (Phi) is 8.88. The molecule has 0 aliphatic carbocycles. The molecule has 138 valence electrons.